The number of aryl methyl sites for hydroxylation is 4. The highest BCUT2D eigenvalue weighted by Gasteiger charge is 2.30. The van der Waals surface area contributed by atoms with Crippen molar-refractivity contribution in [2.75, 3.05) is 0 Å². The van der Waals surface area contributed by atoms with Crippen molar-refractivity contribution in [1.29, 1.82) is 0 Å². The van der Waals surface area contributed by atoms with Crippen LogP contribution in [0, 0.1) is 0 Å². The molecule has 6 aromatic rings. The van der Waals surface area contributed by atoms with Gasteiger partial charge in [0.2, 0.25) is 0 Å². The van der Waals surface area contributed by atoms with Gasteiger partial charge in [-0.3, -0.25) is 0 Å². The Morgan fingerprint density at radius 1 is 0.347 bits per heavy atom. The average Bonchev–Trinajstić information content (AvgIpc) is 3.37. The molecule has 3 aliphatic carbocycles. The van der Waals surface area contributed by atoms with E-state index in [-0.39, 0.29) is 21.7 Å². The highest BCUT2D eigenvalue weighted by Crippen LogP contribution is 2.47. The van der Waals surface area contributed by atoms with Crippen LogP contribution >= 0.6 is 0 Å². The molecule has 0 aromatic heterocycles. The molecule has 0 amide bonds. The van der Waals surface area contributed by atoms with Gasteiger partial charge in [0.15, 0.2) is 0 Å². The van der Waals surface area contributed by atoms with Gasteiger partial charge in [0.1, 0.15) is 0 Å². The highest BCUT2D eigenvalue weighted by molar-refractivity contribution is 6.25. The van der Waals surface area contributed by atoms with E-state index >= 15 is 0 Å². The van der Waals surface area contributed by atoms with Crippen molar-refractivity contribution in [1.82, 2.24) is 0 Å². The minimum Gasteiger partial charge on any atom is -0.0561 e. The first-order chi connectivity index (χ1) is 22.8. The lowest BCUT2D eigenvalue weighted by Gasteiger charge is -2.26. The van der Waals surface area contributed by atoms with Gasteiger partial charge in [0.05, 0.1) is 0 Å². The van der Waals surface area contributed by atoms with Gasteiger partial charge >= 0.3 is 0 Å². The van der Waals surface area contributed by atoms with Crippen LogP contribution in [0.2, 0.25) is 0 Å². The van der Waals surface area contributed by atoms with Gasteiger partial charge < -0.3 is 0 Å². The molecule has 0 saturated carbocycles. The normalized spacial score (nSPS) is 15.3. The molecule has 0 saturated heterocycles. The van der Waals surface area contributed by atoms with Gasteiger partial charge in [-0.25, -0.2) is 0 Å². The van der Waals surface area contributed by atoms with Crippen LogP contribution in [0.25, 0.3) is 43.4 Å². The molecule has 0 heteroatoms. The molecule has 0 nitrogen and oxygen atoms in total. The third kappa shape index (κ3) is 5.32. The zero-order valence-corrected chi connectivity index (χ0v) is 32.3. The summed E-state index contributed by atoms with van der Waals surface area (Å²) in [4.78, 5) is 0. The van der Waals surface area contributed by atoms with Crippen molar-refractivity contribution in [3.63, 3.8) is 0 Å². The van der Waals surface area contributed by atoms with Crippen molar-refractivity contribution in [2.45, 2.75) is 137 Å². The average molecular weight is 645 g/mol. The molecule has 0 radical (unpaired) electrons. The van der Waals surface area contributed by atoms with Crippen LogP contribution < -0.4 is 0 Å². The summed E-state index contributed by atoms with van der Waals surface area (Å²) in [6.45, 7) is 28.5. The summed E-state index contributed by atoms with van der Waals surface area (Å²) in [5.41, 5.74) is 18.4. The maximum absolute atomic E-state index is 2.59. The second-order valence-corrected chi connectivity index (χ2v) is 19.8. The minimum absolute atomic E-state index is 0.0762. The largest absolute Gasteiger partial charge is 0.0561 e. The minimum atomic E-state index is 0.0762. The number of rotatable bonds is 0. The van der Waals surface area contributed by atoms with Gasteiger partial charge in [-0.2, -0.15) is 0 Å². The predicted molar refractivity (Wildman–Crippen MR) is 214 cm³/mol. The zero-order chi connectivity index (χ0) is 35.0. The third-order valence-electron chi connectivity index (χ3n) is 12.1. The van der Waals surface area contributed by atoms with E-state index in [1.807, 2.05) is 0 Å². The Hall–Kier alpha value is -3.64. The fraction of sp³-hybridized carbons (Fsp3) is 0.429. The first-order valence-electron chi connectivity index (χ1n) is 18.9. The number of hydrogen-bond donors (Lipinski definition) is 0. The van der Waals surface area contributed by atoms with Gasteiger partial charge in [-0.15, -0.1) is 0 Å². The fourth-order valence-corrected chi connectivity index (χ4v) is 8.82. The molecule has 0 N–H and O–H groups in total. The van der Waals surface area contributed by atoms with E-state index in [1.165, 1.54) is 76.8 Å². The van der Waals surface area contributed by atoms with Crippen LogP contribution in [-0.4, -0.2) is 0 Å². The maximum atomic E-state index is 2.59. The Morgan fingerprint density at radius 3 is 1.02 bits per heavy atom. The Balaban J connectivity index is 1.49. The Labute approximate surface area is 295 Å². The molecule has 49 heavy (non-hydrogen) atoms. The summed E-state index contributed by atoms with van der Waals surface area (Å²) in [6.07, 6.45) is 5.26. The van der Waals surface area contributed by atoms with Crippen molar-refractivity contribution in [2.24, 2.45) is 0 Å². The Bertz CT molecular complexity index is 2150. The molecule has 8 bridgehead atoms. The van der Waals surface area contributed by atoms with Gasteiger partial charge in [-0.1, -0.05) is 144 Å². The van der Waals surface area contributed by atoms with E-state index < -0.39 is 0 Å². The van der Waals surface area contributed by atoms with E-state index in [0.717, 1.165) is 32.1 Å². The SMILES string of the molecule is CC(C)(C)c1cc2c3c(c1)-c1cc(C(C)(C)C)cc(c1C3)CCc1cc3cc(C(C)(C)C)cc4c(cc5cc(C(C)(C)C)cc1c5c34)CC2. The van der Waals surface area contributed by atoms with E-state index in [0.29, 0.717) is 0 Å². The molecule has 6 aromatic carbocycles. The molecule has 0 unspecified atom stereocenters. The summed E-state index contributed by atoms with van der Waals surface area (Å²) in [5.74, 6) is 0. The van der Waals surface area contributed by atoms with E-state index in [9.17, 15) is 0 Å². The van der Waals surface area contributed by atoms with Crippen LogP contribution in [0.5, 0.6) is 0 Å². The summed E-state index contributed by atoms with van der Waals surface area (Å²) < 4.78 is 0. The molecule has 0 heterocycles. The van der Waals surface area contributed by atoms with E-state index in [4.69, 9.17) is 0 Å². The van der Waals surface area contributed by atoms with Gasteiger partial charge in [0, 0.05) is 0 Å². The summed E-state index contributed by atoms with van der Waals surface area (Å²) in [5, 5.41) is 8.72. The van der Waals surface area contributed by atoms with Crippen LogP contribution in [0.4, 0.5) is 0 Å². The first-order valence-corrected chi connectivity index (χ1v) is 18.9. The van der Waals surface area contributed by atoms with Crippen LogP contribution in [0.15, 0.2) is 60.7 Å². The van der Waals surface area contributed by atoms with Gasteiger partial charge in [-0.05, 0) is 153 Å². The molecule has 3 aliphatic rings. The van der Waals surface area contributed by atoms with Gasteiger partial charge in [0.25, 0.3) is 0 Å². The quantitative estimate of drug-likeness (QED) is 0.144. The lowest BCUT2D eigenvalue weighted by Crippen LogP contribution is -2.14. The van der Waals surface area contributed by atoms with Crippen molar-refractivity contribution < 1.29 is 0 Å². The molecule has 252 valence electrons. The fourth-order valence-electron chi connectivity index (χ4n) is 8.82. The highest BCUT2D eigenvalue weighted by atomic mass is 14.3. The Morgan fingerprint density at radius 2 is 0.673 bits per heavy atom. The molecule has 0 atom stereocenters. The molecule has 9 rings (SSSR count). The smallest absolute Gasteiger partial charge is 0.000797 e. The van der Waals surface area contributed by atoms with Crippen LogP contribution in [-0.2, 0) is 53.8 Å². The first kappa shape index (κ1) is 32.6. The zero-order valence-electron chi connectivity index (χ0n) is 32.3. The van der Waals surface area contributed by atoms with E-state index in [1.54, 1.807) is 22.3 Å². The Kier molecular flexibility index (Phi) is 6.94. The maximum Gasteiger partial charge on any atom is -0.000797 e. The molecule has 0 fully saturated rings. The van der Waals surface area contributed by atoms with E-state index in [2.05, 4.69) is 144 Å². The summed E-state index contributed by atoms with van der Waals surface area (Å²) >= 11 is 0. The van der Waals surface area contributed by atoms with Crippen molar-refractivity contribution >= 4 is 32.3 Å². The summed E-state index contributed by atoms with van der Waals surface area (Å²) in [7, 11) is 0. The topological polar surface area (TPSA) is 0 Å². The van der Waals surface area contributed by atoms with Crippen LogP contribution in [0.1, 0.15) is 139 Å². The number of benzene rings is 6. The van der Waals surface area contributed by atoms with Crippen molar-refractivity contribution in [3.8, 4) is 11.1 Å². The molecular formula is C49H56. The second kappa shape index (κ2) is 10.4. The second-order valence-electron chi connectivity index (χ2n) is 19.8. The summed E-state index contributed by atoms with van der Waals surface area (Å²) in [6, 6.07) is 25.6. The lowest BCUT2D eigenvalue weighted by molar-refractivity contribution is 0.588. The van der Waals surface area contributed by atoms with Crippen molar-refractivity contribution in [3.05, 3.63) is 116 Å². The standard InChI is InChI=1S/C49H56/c1-46(2,3)34-19-30-15-13-28-17-32-21-37(49(10,11)12)24-41-29(18-33-22-36(48(7,8)9)23-40(28)44(33)45(32)41)14-16-31-20-35(47(4,5)6)26-43-39(31)27-38(30)42(43)25-34/h17-26H,13-16,27H2,1-12H3. The lowest BCUT2D eigenvalue weighted by atomic mass is 9.78. The third-order valence-corrected chi connectivity index (χ3v) is 12.1. The number of fused-ring (bicyclic) bond motifs is 3. The molecule has 0 spiro atoms. The molecule has 0 aliphatic heterocycles. The number of hydrogen-bond acceptors (Lipinski definition) is 0. The molecular weight excluding hydrogens is 589 g/mol. The predicted octanol–water partition coefficient (Wildman–Crippen LogP) is 13.2. The monoisotopic (exact) mass is 644 g/mol. The van der Waals surface area contributed by atoms with Crippen LogP contribution in [0.3, 0.4) is 0 Å².